The van der Waals surface area contributed by atoms with Gasteiger partial charge in [0, 0.05) is 19.1 Å². The van der Waals surface area contributed by atoms with Gasteiger partial charge in [0.1, 0.15) is 0 Å². The summed E-state index contributed by atoms with van der Waals surface area (Å²) in [7, 11) is 0. The van der Waals surface area contributed by atoms with E-state index in [1.54, 1.807) is 0 Å². The molecule has 21 heavy (non-hydrogen) atoms. The van der Waals surface area contributed by atoms with Crippen LogP contribution >= 0.6 is 0 Å². The van der Waals surface area contributed by atoms with E-state index in [-0.39, 0.29) is 6.04 Å². The predicted molar refractivity (Wildman–Crippen MR) is 91.4 cm³/mol. The highest BCUT2D eigenvalue weighted by Crippen LogP contribution is 2.27. The first-order valence-electron chi connectivity index (χ1n) is 8.65. The summed E-state index contributed by atoms with van der Waals surface area (Å²) in [6.45, 7) is 10.1. The van der Waals surface area contributed by atoms with Crippen molar-refractivity contribution in [3.8, 4) is 0 Å². The van der Waals surface area contributed by atoms with Crippen LogP contribution in [-0.4, -0.2) is 24.5 Å². The van der Waals surface area contributed by atoms with Crippen molar-refractivity contribution >= 4 is 0 Å². The summed E-state index contributed by atoms with van der Waals surface area (Å²) in [5, 5.41) is 0. The Bertz CT molecular complexity index is 406. The quantitative estimate of drug-likeness (QED) is 0.783. The Morgan fingerprint density at radius 2 is 1.86 bits per heavy atom. The molecule has 0 bridgehead atoms. The Kier molecular flexibility index (Phi) is 6.25. The summed E-state index contributed by atoms with van der Waals surface area (Å²) in [6.07, 6.45) is 5.40. The number of rotatable bonds is 8. The highest BCUT2D eigenvalue weighted by atomic mass is 15.1. The van der Waals surface area contributed by atoms with Crippen molar-refractivity contribution in [1.82, 2.24) is 4.90 Å². The van der Waals surface area contributed by atoms with E-state index in [0.717, 1.165) is 25.4 Å². The first kappa shape index (κ1) is 16.5. The van der Waals surface area contributed by atoms with E-state index in [0.29, 0.717) is 5.92 Å². The van der Waals surface area contributed by atoms with E-state index < -0.39 is 0 Å². The molecule has 118 valence electrons. The minimum absolute atomic E-state index is 0.137. The van der Waals surface area contributed by atoms with Gasteiger partial charge in [-0.15, -0.1) is 0 Å². The molecule has 1 saturated carbocycles. The largest absolute Gasteiger partial charge is 0.323 e. The maximum absolute atomic E-state index is 6.42. The van der Waals surface area contributed by atoms with Gasteiger partial charge >= 0.3 is 0 Å². The molecule has 1 aliphatic carbocycles. The van der Waals surface area contributed by atoms with Gasteiger partial charge in [-0.05, 0) is 48.8 Å². The van der Waals surface area contributed by atoms with Crippen LogP contribution in [0.15, 0.2) is 24.3 Å². The van der Waals surface area contributed by atoms with Gasteiger partial charge < -0.3 is 10.6 Å². The minimum atomic E-state index is 0.137. The Labute approximate surface area is 130 Å². The average Bonchev–Trinajstić information content (AvgIpc) is 2.41. The number of hydrogen-bond acceptors (Lipinski definition) is 2. The lowest BCUT2D eigenvalue weighted by Crippen LogP contribution is -2.37. The number of hydrogen-bond donors (Lipinski definition) is 1. The van der Waals surface area contributed by atoms with Crippen LogP contribution in [0.3, 0.4) is 0 Å². The van der Waals surface area contributed by atoms with Crippen molar-refractivity contribution in [2.75, 3.05) is 19.6 Å². The average molecular weight is 288 g/mol. The molecule has 1 aromatic carbocycles. The van der Waals surface area contributed by atoms with Gasteiger partial charge in [-0.25, -0.2) is 0 Å². The number of likely N-dealkylation sites (N-methyl/N-ethyl adjacent to an activating group) is 1. The summed E-state index contributed by atoms with van der Waals surface area (Å²) in [6, 6.07) is 9.08. The van der Waals surface area contributed by atoms with E-state index >= 15 is 0 Å². The second kappa shape index (κ2) is 7.95. The van der Waals surface area contributed by atoms with E-state index in [2.05, 4.69) is 49.9 Å². The first-order chi connectivity index (χ1) is 10.1. The van der Waals surface area contributed by atoms with Crippen molar-refractivity contribution in [3.05, 3.63) is 35.4 Å². The lowest BCUT2D eigenvalue weighted by Gasteiger charge is -2.33. The van der Waals surface area contributed by atoms with Gasteiger partial charge in [-0.2, -0.15) is 0 Å². The highest BCUT2D eigenvalue weighted by molar-refractivity contribution is 5.25. The van der Waals surface area contributed by atoms with Crippen LogP contribution in [0.2, 0.25) is 0 Å². The first-order valence-corrected chi connectivity index (χ1v) is 8.65. The zero-order chi connectivity index (χ0) is 15.2. The fourth-order valence-corrected chi connectivity index (χ4v) is 3.13. The SMILES string of the molecule is CCN(CC1CCC1)CC(N)c1ccc(CC(C)C)cc1. The third kappa shape index (κ3) is 5.12. The molecule has 0 spiro atoms. The molecule has 1 unspecified atom stereocenters. The molecule has 2 nitrogen and oxygen atoms in total. The molecule has 1 aromatic rings. The lowest BCUT2D eigenvalue weighted by molar-refractivity contribution is 0.176. The highest BCUT2D eigenvalue weighted by Gasteiger charge is 2.21. The molecule has 0 aromatic heterocycles. The Morgan fingerprint density at radius 1 is 1.19 bits per heavy atom. The molecular formula is C19H32N2. The third-order valence-corrected chi connectivity index (χ3v) is 4.70. The van der Waals surface area contributed by atoms with Crippen molar-refractivity contribution in [1.29, 1.82) is 0 Å². The van der Waals surface area contributed by atoms with E-state index in [1.807, 2.05) is 0 Å². The Morgan fingerprint density at radius 3 is 2.33 bits per heavy atom. The molecule has 0 heterocycles. The van der Waals surface area contributed by atoms with Gasteiger partial charge in [0.2, 0.25) is 0 Å². The predicted octanol–water partition coefficient (Wildman–Crippen LogP) is 4.01. The fourth-order valence-electron chi connectivity index (χ4n) is 3.13. The van der Waals surface area contributed by atoms with Crippen molar-refractivity contribution in [2.45, 2.75) is 52.5 Å². The van der Waals surface area contributed by atoms with Crippen LogP contribution in [0.1, 0.15) is 57.2 Å². The summed E-state index contributed by atoms with van der Waals surface area (Å²) in [5.74, 6) is 1.63. The molecule has 2 rings (SSSR count). The molecule has 2 N–H and O–H groups in total. The van der Waals surface area contributed by atoms with Crippen LogP contribution in [0.4, 0.5) is 0 Å². The second-order valence-electron chi connectivity index (χ2n) is 7.10. The Balaban J connectivity index is 1.87. The number of nitrogens with zero attached hydrogens (tertiary/aromatic N) is 1. The smallest absolute Gasteiger partial charge is 0.0424 e. The second-order valence-corrected chi connectivity index (χ2v) is 7.10. The topological polar surface area (TPSA) is 29.3 Å². The van der Waals surface area contributed by atoms with Crippen LogP contribution in [0.5, 0.6) is 0 Å². The summed E-state index contributed by atoms with van der Waals surface area (Å²) >= 11 is 0. The summed E-state index contributed by atoms with van der Waals surface area (Å²) in [4.78, 5) is 2.52. The lowest BCUT2D eigenvalue weighted by atomic mass is 9.85. The summed E-state index contributed by atoms with van der Waals surface area (Å²) in [5.41, 5.74) is 9.11. The molecule has 0 radical (unpaired) electrons. The summed E-state index contributed by atoms with van der Waals surface area (Å²) < 4.78 is 0. The molecule has 2 heteroatoms. The molecule has 0 amide bonds. The molecular weight excluding hydrogens is 256 g/mol. The number of nitrogens with two attached hydrogens (primary N) is 1. The number of benzene rings is 1. The molecule has 0 aliphatic heterocycles. The van der Waals surface area contributed by atoms with Crippen LogP contribution in [-0.2, 0) is 6.42 Å². The van der Waals surface area contributed by atoms with Crippen molar-refractivity contribution in [2.24, 2.45) is 17.6 Å². The van der Waals surface area contributed by atoms with Gasteiger partial charge in [0.15, 0.2) is 0 Å². The van der Waals surface area contributed by atoms with Crippen LogP contribution < -0.4 is 5.73 Å². The fraction of sp³-hybridized carbons (Fsp3) is 0.684. The zero-order valence-corrected chi connectivity index (χ0v) is 14.0. The van der Waals surface area contributed by atoms with Crippen molar-refractivity contribution in [3.63, 3.8) is 0 Å². The zero-order valence-electron chi connectivity index (χ0n) is 14.0. The van der Waals surface area contributed by atoms with E-state index in [9.17, 15) is 0 Å². The van der Waals surface area contributed by atoms with Crippen molar-refractivity contribution < 1.29 is 0 Å². The molecule has 1 fully saturated rings. The minimum Gasteiger partial charge on any atom is -0.323 e. The molecule has 1 aliphatic rings. The molecule has 1 atom stereocenters. The van der Waals surface area contributed by atoms with Gasteiger partial charge in [0.05, 0.1) is 0 Å². The Hall–Kier alpha value is -0.860. The third-order valence-electron chi connectivity index (χ3n) is 4.70. The monoisotopic (exact) mass is 288 g/mol. The van der Waals surface area contributed by atoms with Gasteiger partial charge in [-0.3, -0.25) is 0 Å². The maximum atomic E-state index is 6.42. The maximum Gasteiger partial charge on any atom is 0.0424 e. The van der Waals surface area contributed by atoms with Crippen LogP contribution in [0, 0.1) is 11.8 Å². The standard InChI is InChI=1S/C19H32N2/c1-4-21(13-17-6-5-7-17)14-19(20)18-10-8-16(9-11-18)12-15(2)3/h8-11,15,17,19H,4-7,12-14,20H2,1-3H3. The van der Waals surface area contributed by atoms with Gasteiger partial charge in [0.25, 0.3) is 0 Å². The van der Waals surface area contributed by atoms with E-state index in [1.165, 1.54) is 36.9 Å². The van der Waals surface area contributed by atoms with Gasteiger partial charge in [-0.1, -0.05) is 51.5 Å². The molecule has 0 saturated heterocycles. The normalized spacial score (nSPS) is 17.2. The van der Waals surface area contributed by atoms with E-state index in [4.69, 9.17) is 5.73 Å². The van der Waals surface area contributed by atoms with Crippen LogP contribution in [0.25, 0.3) is 0 Å².